The van der Waals surface area contributed by atoms with E-state index in [1.54, 1.807) is 0 Å². The van der Waals surface area contributed by atoms with Gasteiger partial charge in [-0.3, -0.25) is 0 Å². The van der Waals surface area contributed by atoms with E-state index in [0.29, 0.717) is 12.6 Å². The Labute approximate surface area is 86.7 Å². The van der Waals surface area contributed by atoms with Gasteiger partial charge in [-0.25, -0.2) is 0 Å². The zero-order valence-electron chi connectivity index (χ0n) is 9.33. The molecule has 0 saturated carbocycles. The zero-order valence-corrected chi connectivity index (χ0v) is 9.33. The molecule has 1 atom stereocenters. The number of hydrogen-bond acceptors (Lipinski definition) is 2. The molecule has 0 saturated heterocycles. The fourth-order valence-corrected chi connectivity index (χ4v) is 1.47. The molecule has 0 fully saturated rings. The van der Waals surface area contributed by atoms with Crippen molar-refractivity contribution >= 4 is 0 Å². The first-order chi connectivity index (χ1) is 6.63. The van der Waals surface area contributed by atoms with Gasteiger partial charge in [0.25, 0.3) is 0 Å². The van der Waals surface area contributed by atoms with Crippen molar-refractivity contribution in [3.8, 4) is 0 Å². The highest BCUT2D eigenvalue weighted by atomic mass is 15.1. The molecular weight excluding hydrogens is 172 g/mol. The predicted octanol–water partition coefficient (Wildman–Crippen LogP) is 1.43. The van der Waals surface area contributed by atoms with Crippen LogP contribution in [0.1, 0.15) is 11.1 Å². The van der Waals surface area contributed by atoms with Crippen LogP contribution < -0.4 is 5.73 Å². The molecule has 0 bridgehead atoms. The van der Waals surface area contributed by atoms with Crippen molar-refractivity contribution in [1.29, 1.82) is 0 Å². The van der Waals surface area contributed by atoms with Crippen molar-refractivity contribution in [3.05, 3.63) is 35.4 Å². The predicted molar refractivity (Wildman–Crippen MR) is 61.4 cm³/mol. The van der Waals surface area contributed by atoms with E-state index in [0.717, 1.165) is 6.42 Å². The Morgan fingerprint density at radius 3 is 2.21 bits per heavy atom. The molecule has 1 rings (SSSR count). The first-order valence-corrected chi connectivity index (χ1v) is 5.05. The van der Waals surface area contributed by atoms with Crippen LogP contribution in [0, 0.1) is 6.92 Å². The van der Waals surface area contributed by atoms with E-state index >= 15 is 0 Å². The maximum atomic E-state index is 5.71. The number of likely N-dealkylation sites (N-methyl/N-ethyl adjacent to an activating group) is 1. The van der Waals surface area contributed by atoms with Crippen LogP contribution in [0.25, 0.3) is 0 Å². The van der Waals surface area contributed by atoms with Gasteiger partial charge < -0.3 is 10.6 Å². The molecule has 0 aliphatic carbocycles. The maximum absolute atomic E-state index is 5.71. The molecule has 0 radical (unpaired) electrons. The Hall–Kier alpha value is -0.860. The van der Waals surface area contributed by atoms with Crippen LogP contribution >= 0.6 is 0 Å². The van der Waals surface area contributed by atoms with Crippen LogP contribution in [-0.2, 0) is 6.42 Å². The van der Waals surface area contributed by atoms with Crippen LogP contribution in [0.15, 0.2) is 24.3 Å². The highest BCUT2D eigenvalue weighted by molar-refractivity contribution is 5.22. The summed E-state index contributed by atoms with van der Waals surface area (Å²) in [5, 5.41) is 0. The standard InChI is InChI=1S/C12H20N2/c1-10-4-6-11(7-5-10)8-12(9-13)14(2)3/h4-7,12H,8-9,13H2,1-3H3. The second-order valence-corrected chi connectivity index (χ2v) is 4.04. The number of nitrogens with two attached hydrogens (primary N) is 1. The molecule has 0 spiro atoms. The zero-order chi connectivity index (χ0) is 10.6. The Balaban J connectivity index is 2.63. The number of nitrogens with zero attached hydrogens (tertiary/aromatic N) is 1. The smallest absolute Gasteiger partial charge is 0.0252 e. The fraction of sp³-hybridized carbons (Fsp3) is 0.500. The molecule has 0 aromatic heterocycles. The van der Waals surface area contributed by atoms with E-state index < -0.39 is 0 Å². The number of benzene rings is 1. The third-order valence-corrected chi connectivity index (χ3v) is 2.59. The largest absolute Gasteiger partial charge is 0.329 e. The van der Waals surface area contributed by atoms with Gasteiger partial charge in [0.2, 0.25) is 0 Å². The Kier molecular flexibility index (Phi) is 4.11. The minimum Gasteiger partial charge on any atom is -0.329 e. The van der Waals surface area contributed by atoms with Gasteiger partial charge in [-0.2, -0.15) is 0 Å². The van der Waals surface area contributed by atoms with Crippen molar-refractivity contribution in [2.75, 3.05) is 20.6 Å². The van der Waals surface area contributed by atoms with E-state index in [-0.39, 0.29) is 0 Å². The Morgan fingerprint density at radius 2 is 1.79 bits per heavy atom. The molecule has 1 unspecified atom stereocenters. The summed E-state index contributed by atoms with van der Waals surface area (Å²) in [6.07, 6.45) is 1.03. The lowest BCUT2D eigenvalue weighted by Gasteiger charge is -2.22. The highest BCUT2D eigenvalue weighted by Gasteiger charge is 2.09. The van der Waals surface area contributed by atoms with Crippen LogP contribution in [0.5, 0.6) is 0 Å². The van der Waals surface area contributed by atoms with Crippen LogP contribution in [-0.4, -0.2) is 31.6 Å². The summed E-state index contributed by atoms with van der Waals surface area (Å²) in [5.41, 5.74) is 8.38. The lowest BCUT2D eigenvalue weighted by Crippen LogP contribution is -2.36. The molecule has 1 aromatic carbocycles. The third-order valence-electron chi connectivity index (χ3n) is 2.59. The van der Waals surface area contributed by atoms with Crippen LogP contribution in [0.2, 0.25) is 0 Å². The second-order valence-electron chi connectivity index (χ2n) is 4.04. The number of aryl methyl sites for hydroxylation is 1. The minimum atomic E-state index is 0.442. The summed E-state index contributed by atoms with van der Waals surface area (Å²) in [7, 11) is 4.15. The molecular formula is C12H20N2. The van der Waals surface area contributed by atoms with E-state index in [2.05, 4.69) is 50.2 Å². The van der Waals surface area contributed by atoms with Gasteiger partial charge in [0.15, 0.2) is 0 Å². The molecule has 0 aliphatic rings. The maximum Gasteiger partial charge on any atom is 0.0252 e. The van der Waals surface area contributed by atoms with Crippen molar-refractivity contribution in [2.45, 2.75) is 19.4 Å². The van der Waals surface area contributed by atoms with Crippen molar-refractivity contribution in [3.63, 3.8) is 0 Å². The molecule has 0 amide bonds. The van der Waals surface area contributed by atoms with Gasteiger partial charge in [0.05, 0.1) is 0 Å². The van der Waals surface area contributed by atoms with Crippen molar-refractivity contribution in [1.82, 2.24) is 4.90 Å². The molecule has 0 aliphatic heterocycles. The monoisotopic (exact) mass is 192 g/mol. The van der Waals surface area contributed by atoms with Crippen LogP contribution in [0.4, 0.5) is 0 Å². The van der Waals surface area contributed by atoms with Gasteiger partial charge in [0.1, 0.15) is 0 Å². The average molecular weight is 192 g/mol. The SMILES string of the molecule is Cc1ccc(CC(CN)N(C)C)cc1. The van der Waals surface area contributed by atoms with Gasteiger partial charge >= 0.3 is 0 Å². The average Bonchev–Trinajstić information content (AvgIpc) is 2.16. The van der Waals surface area contributed by atoms with E-state index in [9.17, 15) is 0 Å². The highest BCUT2D eigenvalue weighted by Crippen LogP contribution is 2.07. The molecule has 2 nitrogen and oxygen atoms in total. The Morgan fingerprint density at radius 1 is 1.21 bits per heavy atom. The van der Waals surface area contributed by atoms with Gasteiger partial charge in [0, 0.05) is 12.6 Å². The molecule has 78 valence electrons. The summed E-state index contributed by atoms with van der Waals surface area (Å²) < 4.78 is 0. The first-order valence-electron chi connectivity index (χ1n) is 5.05. The van der Waals surface area contributed by atoms with Crippen molar-refractivity contribution < 1.29 is 0 Å². The molecule has 0 heterocycles. The topological polar surface area (TPSA) is 29.3 Å². The van der Waals surface area contributed by atoms with E-state index in [1.165, 1.54) is 11.1 Å². The number of rotatable bonds is 4. The lowest BCUT2D eigenvalue weighted by molar-refractivity contribution is 0.298. The minimum absolute atomic E-state index is 0.442. The Bertz CT molecular complexity index is 264. The molecule has 14 heavy (non-hydrogen) atoms. The third kappa shape index (κ3) is 3.13. The summed E-state index contributed by atoms with van der Waals surface area (Å²) in [6, 6.07) is 9.11. The first kappa shape index (κ1) is 11.2. The van der Waals surface area contributed by atoms with Gasteiger partial charge in [-0.15, -0.1) is 0 Å². The van der Waals surface area contributed by atoms with E-state index in [1.807, 2.05) is 0 Å². The molecule has 2 N–H and O–H groups in total. The lowest BCUT2D eigenvalue weighted by atomic mass is 10.0. The summed E-state index contributed by atoms with van der Waals surface area (Å²) in [5.74, 6) is 0. The van der Waals surface area contributed by atoms with E-state index in [4.69, 9.17) is 5.73 Å². The fourth-order valence-electron chi connectivity index (χ4n) is 1.47. The van der Waals surface area contributed by atoms with Gasteiger partial charge in [-0.05, 0) is 33.0 Å². The summed E-state index contributed by atoms with van der Waals surface area (Å²) in [6.45, 7) is 2.82. The van der Waals surface area contributed by atoms with Crippen LogP contribution in [0.3, 0.4) is 0 Å². The second kappa shape index (κ2) is 5.13. The molecule has 1 aromatic rings. The summed E-state index contributed by atoms with van der Waals surface area (Å²) >= 11 is 0. The molecule has 2 heteroatoms. The number of hydrogen-bond donors (Lipinski definition) is 1. The quantitative estimate of drug-likeness (QED) is 0.782. The van der Waals surface area contributed by atoms with Crippen molar-refractivity contribution in [2.24, 2.45) is 5.73 Å². The van der Waals surface area contributed by atoms with Gasteiger partial charge in [-0.1, -0.05) is 29.8 Å². The normalized spacial score (nSPS) is 13.2. The summed E-state index contributed by atoms with van der Waals surface area (Å²) in [4.78, 5) is 2.18.